The summed E-state index contributed by atoms with van der Waals surface area (Å²) in [5.41, 5.74) is 0. The van der Waals surface area contributed by atoms with E-state index in [2.05, 4.69) is 0 Å². The monoisotopic (exact) mass is 187 g/mol. The molecule has 0 aromatic heterocycles. The zero-order valence-electron chi connectivity index (χ0n) is 8.50. The zero-order valence-corrected chi connectivity index (χ0v) is 8.50. The minimum Gasteiger partial charge on any atom is -0.465 e. The fourth-order valence-electron chi connectivity index (χ4n) is 0.980. The van der Waals surface area contributed by atoms with Gasteiger partial charge in [-0.1, -0.05) is 6.92 Å². The number of ether oxygens (including phenoxy) is 1. The molecule has 0 aliphatic heterocycles. The maximum Gasteiger partial charge on any atom is 0.325 e. The van der Waals surface area contributed by atoms with Crippen LogP contribution < -0.4 is 0 Å². The van der Waals surface area contributed by atoms with Crippen LogP contribution in [0.1, 0.15) is 27.2 Å². The molecule has 13 heavy (non-hydrogen) atoms. The quantitative estimate of drug-likeness (QED) is 0.598. The summed E-state index contributed by atoms with van der Waals surface area (Å²) in [7, 11) is 0. The van der Waals surface area contributed by atoms with E-state index in [1.807, 2.05) is 6.92 Å². The molecule has 0 heterocycles. The van der Waals surface area contributed by atoms with Crippen LogP contribution in [0.3, 0.4) is 0 Å². The second-order valence-electron chi connectivity index (χ2n) is 2.75. The molecule has 0 atom stereocenters. The van der Waals surface area contributed by atoms with Gasteiger partial charge in [0.25, 0.3) is 0 Å². The molecule has 0 rings (SSSR count). The normalized spacial score (nSPS) is 9.46. The SMILES string of the molecule is CCCN(CC(=O)OCC)C(C)=O. The molecule has 0 aliphatic carbocycles. The molecule has 76 valence electrons. The minimum atomic E-state index is -0.342. The fourth-order valence-corrected chi connectivity index (χ4v) is 0.980. The Morgan fingerprint density at radius 1 is 1.31 bits per heavy atom. The van der Waals surface area contributed by atoms with Crippen molar-refractivity contribution in [3.8, 4) is 0 Å². The highest BCUT2D eigenvalue weighted by molar-refractivity contribution is 5.80. The number of hydrogen-bond donors (Lipinski definition) is 0. The second kappa shape index (κ2) is 6.46. The van der Waals surface area contributed by atoms with E-state index in [1.54, 1.807) is 6.92 Å². The number of carbonyl (C=O) groups is 2. The van der Waals surface area contributed by atoms with Crippen molar-refractivity contribution < 1.29 is 14.3 Å². The lowest BCUT2D eigenvalue weighted by Crippen LogP contribution is -2.35. The summed E-state index contributed by atoms with van der Waals surface area (Å²) in [6.45, 7) is 6.19. The van der Waals surface area contributed by atoms with Crippen molar-refractivity contribution in [1.82, 2.24) is 4.90 Å². The molecule has 0 aromatic carbocycles. The van der Waals surface area contributed by atoms with Gasteiger partial charge >= 0.3 is 5.97 Å². The number of esters is 1. The van der Waals surface area contributed by atoms with Gasteiger partial charge in [0.2, 0.25) is 5.91 Å². The summed E-state index contributed by atoms with van der Waals surface area (Å²) in [6, 6.07) is 0. The number of carbonyl (C=O) groups excluding carboxylic acids is 2. The molecule has 0 aliphatic rings. The first-order valence-corrected chi connectivity index (χ1v) is 4.52. The van der Waals surface area contributed by atoms with E-state index in [0.29, 0.717) is 13.2 Å². The molecule has 0 saturated heterocycles. The Labute approximate surface area is 78.9 Å². The van der Waals surface area contributed by atoms with Crippen LogP contribution in [0.5, 0.6) is 0 Å². The van der Waals surface area contributed by atoms with Gasteiger partial charge in [-0.15, -0.1) is 0 Å². The van der Waals surface area contributed by atoms with Crippen molar-refractivity contribution in [2.45, 2.75) is 27.2 Å². The third-order valence-corrected chi connectivity index (χ3v) is 1.56. The average molecular weight is 187 g/mol. The first-order chi connectivity index (χ1) is 6.11. The highest BCUT2D eigenvalue weighted by Crippen LogP contribution is 1.93. The van der Waals surface area contributed by atoms with Crippen molar-refractivity contribution >= 4 is 11.9 Å². The van der Waals surface area contributed by atoms with Gasteiger partial charge in [0, 0.05) is 13.5 Å². The number of hydrogen-bond acceptors (Lipinski definition) is 3. The minimum absolute atomic E-state index is 0.0665. The molecule has 0 N–H and O–H groups in total. The Bertz CT molecular complexity index is 180. The first kappa shape index (κ1) is 11.9. The van der Waals surface area contributed by atoms with Crippen molar-refractivity contribution in [3.63, 3.8) is 0 Å². The van der Waals surface area contributed by atoms with Crippen molar-refractivity contribution in [3.05, 3.63) is 0 Å². The predicted molar refractivity (Wildman–Crippen MR) is 49.2 cm³/mol. The molecule has 0 aromatic rings. The summed E-state index contributed by atoms with van der Waals surface area (Å²) < 4.78 is 4.74. The van der Waals surface area contributed by atoms with Crippen molar-refractivity contribution in [2.24, 2.45) is 0 Å². The third-order valence-electron chi connectivity index (χ3n) is 1.56. The molecule has 0 unspecified atom stereocenters. The molecular formula is C9H17NO3. The molecule has 0 radical (unpaired) electrons. The lowest BCUT2D eigenvalue weighted by Gasteiger charge is -2.18. The molecule has 1 amide bonds. The molecule has 0 fully saturated rings. The van der Waals surface area contributed by atoms with E-state index >= 15 is 0 Å². The summed E-state index contributed by atoms with van der Waals surface area (Å²) in [4.78, 5) is 23.5. The van der Waals surface area contributed by atoms with Gasteiger partial charge in [-0.3, -0.25) is 9.59 Å². The smallest absolute Gasteiger partial charge is 0.325 e. The number of nitrogens with zero attached hydrogens (tertiary/aromatic N) is 1. The summed E-state index contributed by atoms with van der Waals surface area (Å²) in [5.74, 6) is -0.430. The van der Waals surface area contributed by atoms with Gasteiger partial charge in [0.1, 0.15) is 6.54 Å². The summed E-state index contributed by atoms with van der Waals surface area (Å²) >= 11 is 0. The maximum absolute atomic E-state index is 11.0. The topological polar surface area (TPSA) is 46.6 Å². The van der Waals surface area contributed by atoms with Gasteiger partial charge in [0.05, 0.1) is 6.61 Å². The first-order valence-electron chi connectivity index (χ1n) is 4.52. The molecule has 4 nitrogen and oxygen atoms in total. The summed E-state index contributed by atoms with van der Waals surface area (Å²) in [6.07, 6.45) is 0.846. The van der Waals surface area contributed by atoms with Gasteiger partial charge < -0.3 is 9.64 Å². The Morgan fingerprint density at radius 2 is 1.92 bits per heavy atom. The van der Waals surface area contributed by atoms with E-state index in [4.69, 9.17) is 4.74 Å². The number of amides is 1. The highest BCUT2D eigenvalue weighted by atomic mass is 16.5. The molecule has 4 heteroatoms. The van der Waals surface area contributed by atoms with Gasteiger partial charge in [-0.25, -0.2) is 0 Å². The third kappa shape index (κ3) is 5.22. The van der Waals surface area contributed by atoms with Crippen LogP contribution in [0, 0.1) is 0 Å². The van der Waals surface area contributed by atoms with Crippen LogP contribution in [-0.2, 0) is 14.3 Å². The standard InChI is InChI=1S/C9H17NO3/c1-4-6-10(8(3)11)7-9(12)13-5-2/h4-7H2,1-3H3. The van der Waals surface area contributed by atoms with E-state index in [0.717, 1.165) is 6.42 Å². The fraction of sp³-hybridized carbons (Fsp3) is 0.778. The van der Waals surface area contributed by atoms with Crippen LogP contribution in [-0.4, -0.2) is 36.5 Å². The predicted octanol–water partition coefficient (Wildman–Crippen LogP) is 0.808. The van der Waals surface area contributed by atoms with Crippen LogP contribution in [0.25, 0.3) is 0 Å². The summed E-state index contributed by atoms with van der Waals surface area (Å²) in [5, 5.41) is 0. The lowest BCUT2D eigenvalue weighted by atomic mass is 10.4. The van der Waals surface area contributed by atoms with Gasteiger partial charge in [-0.05, 0) is 13.3 Å². The van der Waals surface area contributed by atoms with Crippen LogP contribution >= 0.6 is 0 Å². The zero-order chi connectivity index (χ0) is 10.3. The van der Waals surface area contributed by atoms with Gasteiger partial charge in [0.15, 0.2) is 0 Å². The number of rotatable bonds is 5. The Balaban J connectivity index is 3.94. The molecule has 0 saturated carbocycles. The van der Waals surface area contributed by atoms with Crippen molar-refractivity contribution in [1.29, 1.82) is 0 Å². The van der Waals surface area contributed by atoms with E-state index in [9.17, 15) is 9.59 Å². The van der Waals surface area contributed by atoms with E-state index in [1.165, 1.54) is 11.8 Å². The van der Waals surface area contributed by atoms with E-state index < -0.39 is 0 Å². The van der Waals surface area contributed by atoms with Crippen LogP contribution in [0.4, 0.5) is 0 Å². The van der Waals surface area contributed by atoms with Gasteiger partial charge in [-0.2, -0.15) is 0 Å². The molecular weight excluding hydrogens is 170 g/mol. The van der Waals surface area contributed by atoms with Crippen LogP contribution in [0.15, 0.2) is 0 Å². The highest BCUT2D eigenvalue weighted by Gasteiger charge is 2.12. The van der Waals surface area contributed by atoms with Crippen LogP contribution in [0.2, 0.25) is 0 Å². The Hall–Kier alpha value is -1.06. The second-order valence-corrected chi connectivity index (χ2v) is 2.75. The molecule has 0 bridgehead atoms. The Kier molecular flexibility index (Phi) is 5.93. The molecule has 0 spiro atoms. The lowest BCUT2D eigenvalue weighted by molar-refractivity contribution is -0.148. The van der Waals surface area contributed by atoms with Crippen molar-refractivity contribution in [2.75, 3.05) is 19.7 Å². The largest absolute Gasteiger partial charge is 0.465 e. The Morgan fingerprint density at radius 3 is 2.31 bits per heavy atom. The van der Waals surface area contributed by atoms with E-state index in [-0.39, 0.29) is 18.4 Å². The average Bonchev–Trinajstić information content (AvgIpc) is 2.04. The maximum atomic E-state index is 11.0.